The van der Waals surface area contributed by atoms with Crippen LogP contribution in [-0.2, 0) is 6.54 Å². The molecule has 17 heavy (non-hydrogen) atoms. The van der Waals surface area contributed by atoms with Crippen LogP contribution in [0.4, 0.5) is 5.82 Å². The number of hydrogen-bond donors (Lipinski definition) is 2. The van der Waals surface area contributed by atoms with Gasteiger partial charge >= 0.3 is 0 Å². The summed E-state index contributed by atoms with van der Waals surface area (Å²) < 4.78 is 0.974. The standard InChI is InChI=1S/C13H14BrN3/c14-12-8-16-17-13(12)15-7-10-3-1-2-4-11(10)9-5-6-9/h1-4,8-9H,5-7H2,(H2,15,16,17). The van der Waals surface area contributed by atoms with Crippen molar-refractivity contribution in [2.24, 2.45) is 0 Å². The average molecular weight is 292 g/mol. The topological polar surface area (TPSA) is 40.7 Å². The van der Waals surface area contributed by atoms with Gasteiger partial charge in [-0.3, -0.25) is 5.10 Å². The van der Waals surface area contributed by atoms with E-state index in [2.05, 4.69) is 55.7 Å². The van der Waals surface area contributed by atoms with E-state index in [1.165, 1.54) is 24.0 Å². The Kier molecular flexibility index (Phi) is 2.89. The highest BCUT2D eigenvalue weighted by atomic mass is 79.9. The van der Waals surface area contributed by atoms with Crippen molar-refractivity contribution >= 4 is 21.7 Å². The van der Waals surface area contributed by atoms with Gasteiger partial charge in [-0.05, 0) is 45.8 Å². The quantitative estimate of drug-likeness (QED) is 0.902. The molecule has 2 N–H and O–H groups in total. The lowest BCUT2D eigenvalue weighted by Gasteiger charge is -2.09. The molecule has 1 heterocycles. The van der Waals surface area contributed by atoms with Crippen molar-refractivity contribution in [1.29, 1.82) is 0 Å². The van der Waals surface area contributed by atoms with Crippen LogP contribution < -0.4 is 5.32 Å². The van der Waals surface area contributed by atoms with Gasteiger partial charge in [-0.15, -0.1) is 0 Å². The molecule has 88 valence electrons. The Morgan fingerprint density at radius 3 is 2.88 bits per heavy atom. The van der Waals surface area contributed by atoms with Crippen LogP contribution in [0, 0.1) is 0 Å². The van der Waals surface area contributed by atoms with Gasteiger partial charge in [0, 0.05) is 12.7 Å². The van der Waals surface area contributed by atoms with E-state index in [-0.39, 0.29) is 0 Å². The van der Waals surface area contributed by atoms with Gasteiger partial charge in [-0.25, -0.2) is 0 Å². The molecule has 1 fully saturated rings. The highest BCUT2D eigenvalue weighted by Crippen LogP contribution is 2.41. The molecule has 0 unspecified atom stereocenters. The molecule has 1 aromatic heterocycles. The van der Waals surface area contributed by atoms with Crippen LogP contribution in [0.25, 0.3) is 0 Å². The maximum absolute atomic E-state index is 4.14. The van der Waals surface area contributed by atoms with Crippen LogP contribution in [0.1, 0.15) is 29.9 Å². The first-order chi connectivity index (χ1) is 8.34. The number of nitrogens with one attached hydrogen (secondary N) is 2. The molecule has 0 spiro atoms. The van der Waals surface area contributed by atoms with E-state index in [4.69, 9.17) is 0 Å². The lowest BCUT2D eigenvalue weighted by molar-refractivity contribution is 1.01. The molecule has 0 radical (unpaired) electrons. The maximum atomic E-state index is 4.14. The zero-order valence-corrected chi connectivity index (χ0v) is 11.0. The predicted octanol–water partition coefficient (Wildman–Crippen LogP) is 3.66. The fraction of sp³-hybridized carbons (Fsp3) is 0.308. The summed E-state index contributed by atoms with van der Waals surface area (Å²) in [6.45, 7) is 0.829. The molecule has 4 heteroatoms. The van der Waals surface area contributed by atoms with E-state index in [1.54, 1.807) is 0 Å². The van der Waals surface area contributed by atoms with Gasteiger partial charge in [-0.1, -0.05) is 24.3 Å². The highest BCUT2D eigenvalue weighted by molar-refractivity contribution is 9.10. The molecule has 3 rings (SSSR count). The summed E-state index contributed by atoms with van der Waals surface area (Å²) in [5.41, 5.74) is 2.87. The zero-order valence-electron chi connectivity index (χ0n) is 9.41. The highest BCUT2D eigenvalue weighted by Gasteiger charge is 2.25. The molecule has 1 aliphatic rings. The summed E-state index contributed by atoms with van der Waals surface area (Å²) >= 11 is 3.44. The van der Waals surface area contributed by atoms with E-state index in [1.807, 2.05) is 6.20 Å². The molecule has 0 saturated heterocycles. The molecular formula is C13H14BrN3. The normalized spacial score (nSPS) is 14.9. The molecule has 0 amide bonds. The number of nitrogens with zero attached hydrogens (tertiary/aromatic N) is 1. The minimum Gasteiger partial charge on any atom is -0.364 e. The Morgan fingerprint density at radius 1 is 1.35 bits per heavy atom. The Morgan fingerprint density at radius 2 is 2.18 bits per heavy atom. The van der Waals surface area contributed by atoms with Crippen molar-refractivity contribution in [3.05, 3.63) is 46.1 Å². The van der Waals surface area contributed by atoms with Gasteiger partial charge in [0.05, 0.1) is 4.47 Å². The molecule has 0 bridgehead atoms. The summed E-state index contributed by atoms with van der Waals surface area (Å²) in [6, 6.07) is 8.67. The van der Waals surface area contributed by atoms with E-state index in [0.717, 1.165) is 22.8 Å². The average Bonchev–Trinajstić information content (AvgIpc) is 3.11. The fourth-order valence-electron chi connectivity index (χ4n) is 2.07. The van der Waals surface area contributed by atoms with Gasteiger partial charge in [-0.2, -0.15) is 5.10 Å². The third-order valence-electron chi connectivity index (χ3n) is 3.11. The molecule has 1 saturated carbocycles. The van der Waals surface area contributed by atoms with Crippen LogP contribution in [0.3, 0.4) is 0 Å². The second-order valence-corrected chi connectivity index (χ2v) is 5.26. The number of halogens is 1. The van der Waals surface area contributed by atoms with Gasteiger partial charge in [0.25, 0.3) is 0 Å². The summed E-state index contributed by atoms with van der Waals surface area (Å²) in [5.74, 6) is 1.66. The molecular weight excluding hydrogens is 278 g/mol. The van der Waals surface area contributed by atoms with E-state index in [9.17, 15) is 0 Å². The Labute approximate surface area is 109 Å². The second-order valence-electron chi connectivity index (χ2n) is 4.41. The number of aromatic amines is 1. The third kappa shape index (κ3) is 2.36. The van der Waals surface area contributed by atoms with Gasteiger partial charge in [0.1, 0.15) is 0 Å². The van der Waals surface area contributed by atoms with Crippen LogP contribution in [0.5, 0.6) is 0 Å². The monoisotopic (exact) mass is 291 g/mol. The predicted molar refractivity (Wildman–Crippen MR) is 72.0 cm³/mol. The Hall–Kier alpha value is -1.29. The fourth-order valence-corrected chi connectivity index (χ4v) is 2.40. The van der Waals surface area contributed by atoms with Crippen molar-refractivity contribution in [3.63, 3.8) is 0 Å². The number of H-pyrrole nitrogens is 1. The maximum Gasteiger partial charge on any atom is 0.162 e. The summed E-state index contributed by atoms with van der Waals surface area (Å²) in [4.78, 5) is 0. The molecule has 0 atom stereocenters. The molecule has 1 aromatic carbocycles. The number of anilines is 1. The largest absolute Gasteiger partial charge is 0.364 e. The summed E-state index contributed by atoms with van der Waals surface area (Å²) in [7, 11) is 0. The minimum atomic E-state index is 0.788. The van der Waals surface area contributed by atoms with Gasteiger partial charge in [0.15, 0.2) is 5.82 Å². The molecule has 2 aromatic rings. The summed E-state index contributed by atoms with van der Waals surface area (Å²) in [6.07, 6.45) is 4.50. The van der Waals surface area contributed by atoms with Crippen molar-refractivity contribution in [2.45, 2.75) is 25.3 Å². The first-order valence-corrected chi connectivity index (χ1v) is 6.65. The van der Waals surface area contributed by atoms with Crippen molar-refractivity contribution in [2.75, 3.05) is 5.32 Å². The molecule has 0 aliphatic heterocycles. The smallest absolute Gasteiger partial charge is 0.162 e. The van der Waals surface area contributed by atoms with Crippen molar-refractivity contribution in [3.8, 4) is 0 Å². The van der Waals surface area contributed by atoms with Gasteiger partial charge in [0.2, 0.25) is 0 Å². The van der Waals surface area contributed by atoms with Crippen LogP contribution in [0.2, 0.25) is 0 Å². The minimum absolute atomic E-state index is 0.788. The third-order valence-corrected chi connectivity index (χ3v) is 3.72. The SMILES string of the molecule is Brc1c[nH]nc1NCc1ccccc1C1CC1. The Balaban J connectivity index is 1.75. The van der Waals surface area contributed by atoms with E-state index < -0.39 is 0 Å². The molecule has 1 aliphatic carbocycles. The lowest BCUT2D eigenvalue weighted by Crippen LogP contribution is -2.03. The van der Waals surface area contributed by atoms with Crippen molar-refractivity contribution < 1.29 is 0 Å². The summed E-state index contributed by atoms with van der Waals surface area (Å²) in [5, 5.41) is 10.3. The zero-order chi connectivity index (χ0) is 11.7. The number of rotatable bonds is 4. The van der Waals surface area contributed by atoms with Crippen LogP contribution in [-0.4, -0.2) is 10.2 Å². The van der Waals surface area contributed by atoms with Gasteiger partial charge < -0.3 is 5.32 Å². The van der Waals surface area contributed by atoms with E-state index >= 15 is 0 Å². The second kappa shape index (κ2) is 4.53. The Bertz CT molecular complexity index is 517. The number of hydrogen-bond acceptors (Lipinski definition) is 2. The molecule has 3 nitrogen and oxygen atoms in total. The first-order valence-electron chi connectivity index (χ1n) is 5.85. The van der Waals surface area contributed by atoms with E-state index in [0.29, 0.717) is 0 Å². The first kappa shape index (κ1) is 10.8. The van der Waals surface area contributed by atoms with Crippen molar-refractivity contribution in [1.82, 2.24) is 10.2 Å². The van der Waals surface area contributed by atoms with Crippen LogP contribution >= 0.6 is 15.9 Å². The van der Waals surface area contributed by atoms with Crippen LogP contribution in [0.15, 0.2) is 34.9 Å². The lowest BCUT2D eigenvalue weighted by atomic mass is 10.0. The number of benzene rings is 1. The number of aromatic nitrogens is 2.